The van der Waals surface area contributed by atoms with Crippen molar-refractivity contribution in [2.75, 3.05) is 7.11 Å². The lowest BCUT2D eigenvalue weighted by atomic mass is 9.78. The predicted octanol–water partition coefficient (Wildman–Crippen LogP) is 2.67. The highest BCUT2D eigenvalue weighted by atomic mass is 16.5. The molecular weight excluding hydrogens is 272 g/mol. The van der Waals surface area contributed by atoms with Gasteiger partial charge in [-0.2, -0.15) is 4.98 Å². The van der Waals surface area contributed by atoms with Crippen molar-refractivity contribution in [2.45, 2.75) is 63.4 Å². The Hall–Kier alpha value is -1.43. The lowest BCUT2D eigenvalue weighted by molar-refractivity contribution is -0.139. The molecule has 0 unspecified atom stereocenters. The fourth-order valence-corrected chi connectivity index (χ4v) is 3.71. The number of carboxylic acid groups (broad SMARTS) is 1. The van der Waals surface area contributed by atoms with E-state index in [1.54, 1.807) is 7.11 Å². The first-order valence-corrected chi connectivity index (χ1v) is 7.68. The van der Waals surface area contributed by atoms with Crippen molar-refractivity contribution in [3.63, 3.8) is 0 Å². The van der Waals surface area contributed by atoms with Gasteiger partial charge in [0.15, 0.2) is 0 Å². The van der Waals surface area contributed by atoms with E-state index in [1.807, 2.05) is 0 Å². The fourth-order valence-electron chi connectivity index (χ4n) is 3.71. The summed E-state index contributed by atoms with van der Waals surface area (Å²) >= 11 is 0. The third-order valence-corrected chi connectivity index (χ3v) is 5.14. The summed E-state index contributed by atoms with van der Waals surface area (Å²) in [6, 6.07) is 0. The molecule has 1 N–H and O–H groups in total. The summed E-state index contributed by atoms with van der Waals surface area (Å²) in [5.41, 5.74) is -0.590. The second kappa shape index (κ2) is 5.40. The highest BCUT2D eigenvalue weighted by Crippen LogP contribution is 2.45. The van der Waals surface area contributed by atoms with Crippen LogP contribution in [0.2, 0.25) is 0 Å². The lowest BCUT2D eigenvalue weighted by Crippen LogP contribution is -2.37. The molecule has 116 valence electrons. The number of hydrogen-bond donors (Lipinski definition) is 1. The van der Waals surface area contributed by atoms with Crippen molar-refractivity contribution < 1.29 is 19.2 Å². The van der Waals surface area contributed by atoms with Crippen LogP contribution >= 0.6 is 0 Å². The molecular formula is C15H22N2O4. The van der Waals surface area contributed by atoms with Crippen molar-refractivity contribution in [1.29, 1.82) is 0 Å². The summed E-state index contributed by atoms with van der Waals surface area (Å²) in [6.07, 6.45) is 7.70. The van der Waals surface area contributed by atoms with Gasteiger partial charge in [0, 0.05) is 13.5 Å². The van der Waals surface area contributed by atoms with Crippen LogP contribution in [0.4, 0.5) is 0 Å². The van der Waals surface area contributed by atoms with E-state index >= 15 is 0 Å². The van der Waals surface area contributed by atoms with Gasteiger partial charge in [-0.05, 0) is 37.5 Å². The monoisotopic (exact) mass is 294 g/mol. The van der Waals surface area contributed by atoms with Gasteiger partial charge in [-0.1, -0.05) is 18.0 Å². The third kappa shape index (κ3) is 2.69. The Morgan fingerprint density at radius 3 is 2.52 bits per heavy atom. The van der Waals surface area contributed by atoms with Gasteiger partial charge < -0.3 is 14.4 Å². The van der Waals surface area contributed by atoms with Gasteiger partial charge in [-0.25, -0.2) is 0 Å². The van der Waals surface area contributed by atoms with Crippen molar-refractivity contribution in [3.05, 3.63) is 11.7 Å². The summed E-state index contributed by atoms with van der Waals surface area (Å²) in [7, 11) is 1.68. The third-order valence-electron chi connectivity index (χ3n) is 5.14. The van der Waals surface area contributed by atoms with Crippen LogP contribution in [0, 0.1) is 5.41 Å². The Balaban J connectivity index is 1.75. The molecule has 0 aliphatic heterocycles. The summed E-state index contributed by atoms with van der Waals surface area (Å²) < 4.78 is 10.9. The van der Waals surface area contributed by atoms with Crippen LogP contribution in [0.25, 0.3) is 0 Å². The fraction of sp³-hybridized carbons (Fsp3) is 0.800. The number of aromatic nitrogens is 2. The highest BCUT2D eigenvalue weighted by Gasteiger charge is 2.44. The minimum Gasteiger partial charge on any atom is -0.481 e. The smallest absolute Gasteiger partial charge is 0.303 e. The molecule has 0 aromatic carbocycles. The molecule has 0 bridgehead atoms. The summed E-state index contributed by atoms with van der Waals surface area (Å²) in [4.78, 5) is 15.6. The van der Waals surface area contributed by atoms with Crippen molar-refractivity contribution >= 4 is 5.97 Å². The number of nitrogens with zero attached hydrogens (tertiary/aromatic N) is 2. The summed E-state index contributed by atoms with van der Waals surface area (Å²) in [5, 5.41) is 13.2. The van der Waals surface area contributed by atoms with Crippen molar-refractivity contribution in [3.8, 4) is 0 Å². The largest absolute Gasteiger partial charge is 0.481 e. The molecule has 0 radical (unpaired) electrons. The van der Waals surface area contributed by atoms with Crippen LogP contribution in [0.1, 0.15) is 63.1 Å². The van der Waals surface area contributed by atoms with Crippen LogP contribution in [-0.2, 0) is 21.6 Å². The van der Waals surface area contributed by atoms with E-state index < -0.39 is 5.97 Å². The van der Waals surface area contributed by atoms with E-state index in [0.29, 0.717) is 18.1 Å². The minimum atomic E-state index is -0.746. The normalized spacial score (nSPS) is 22.9. The molecule has 2 aliphatic carbocycles. The predicted molar refractivity (Wildman–Crippen MR) is 73.7 cm³/mol. The van der Waals surface area contributed by atoms with E-state index in [9.17, 15) is 4.79 Å². The molecule has 0 amide bonds. The SMILES string of the molecule is COC1(c2noc(CC3(CC(=O)O)CCCC3)n2)CCC1. The average molecular weight is 294 g/mol. The molecule has 2 saturated carbocycles. The highest BCUT2D eigenvalue weighted by molar-refractivity contribution is 5.67. The molecule has 21 heavy (non-hydrogen) atoms. The van der Waals surface area contributed by atoms with Gasteiger partial charge in [0.2, 0.25) is 11.7 Å². The van der Waals surface area contributed by atoms with E-state index in [4.69, 9.17) is 14.4 Å². The number of carboxylic acids is 1. The molecule has 1 aromatic heterocycles. The molecule has 0 saturated heterocycles. The van der Waals surface area contributed by atoms with Gasteiger partial charge in [0.05, 0.1) is 6.42 Å². The zero-order chi connectivity index (χ0) is 14.9. The number of aliphatic carboxylic acids is 1. The maximum Gasteiger partial charge on any atom is 0.303 e. The van der Waals surface area contributed by atoms with Gasteiger partial charge in [-0.3, -0.25) is 4.79 Å². The number of carbonyl (C=O) groups is 1. The second-order valence-corrected chi connectivity index (χ2v) is 6.52. The first kappa shape index (κ1) is 14.5. The Morgan fingerprint density at radius 1 is 1.29 bits per heavy atom. The van der Waals surface area contributed by atoms with Crippen LogP contribution in [0.5, 0.6) is 0 Å². The van der Waals surface area contributed by atoms with Crippen LogP contribution in [0.3, 0.4) is 0 Å². The van der Waals surface area contributed by atoms with Crippen molar-refractivity contribution in [2.24, 2.45) is 5.41 Å². The van der Waals surface area contributed by atoms with Crippen LogP contribution in [-0.4, -0.2) is 28.3 Å². The first-order chi connectivity index (χ1) is 10.1. The number of rotatable bonds is 6. The van der Waals surface area contributed by atoms with Crippen LogP contribution in [0.15, 0.2) is 4.52 Å². The van der Waals surface area contributed by atoms with E-state index in [2.05, 4.69) is 10.1 Å². The van der Waals surface area contributed by atoms with Gasteiger partial charge >= 0.3 is 5.97 Å². The van der Waals surface area contributed by atoms with Gasteiger partial charge in [0.25, 0.3) is 0 Å². The van der Waals surface area contributed by atoms with Crippen LogP contribution < -0.4 is 0 Å². The van der Waals surface area contributed by atoms with Gasteiger partial charge in [-0.15, -0.1) is 0 Å². The van der Waals surface area contributed by atoms with E-state index in [0.717, 1.165) is 44.9 Å². The molecule has 1 aromatic rings. The quantitative estimate of drug-likeness (QED) is 0.868. The second-order valence-electron chi connectivity index (χ2n) is 6.52. The maximum absolute atomic E-state index is 11.1. The Morgan fingerprint density at radius 2 is 2.00 bits per heavy atom. The zero-order valence-corrected chi connectivity index (χ0v) is 12.4. The Kier molecular flexibility index (Phi) is 3.73. The zero-order valence-electron chi connectivity index (χ0n) is 12.4. The minimum absolute atomic E-state index is 0.181. The Labute approximate surface area is 123 Å². The molecule has 6 nitrogen and oxygen atoms in total. The van der Waals surface area contributed by atoms with E-state index in [-0.39, 0.29) is 17.4 Å². The molecule has 1 heterocycles. The summed E-state index contributed by atoms with van der Waals surface area (Å²) in [5.74, 6) is 0.426. The van der Waals surface area contributed by atoms with E-state index in [1.165, 1.54) is 0 Å². The van der Waals surface area contributed by atoms with Gasteiger partial charge in [0.1, 0.15) is 5.60 Å². The molecule has 2 fully saturated rings. The molecule has 0 spiro atoms. The average Bonchev–Trinajstić information content (AvgIpc) is 2.99. The lowest BCUT2D eigenvalue weighted by Gasteiger charge is -2.37. The van der Waals surface area contributed by atoms with Crippen molar-refractivity contribution in [1.82, 2.24) is 10.1 Å². The Bertz CT molecular complexity index is 510. The number of hydrogen-bond acceptors (Lipinski definition) is 5. The first-order valence-electron chi connectivity index (χ1n) is 7.68. The number of ether oxygens (including phenoxy) is 1. The molecule has 0 atom stereocenters. The molecule has 3 rings (SSSR count). The molecule has 2 aliphatic rings. The number of methoxy groups -OCH3 is 1. The standard InChI is InChI=1S/C15H22N2O4/c1-20-15(7-4-8-15)13-16-11(21-17-13)9-14(10-12(18)19)5-2-3-6-14/h2-10H2,1H3,(H,18,19). The topological polar surface area (TPSA) is 85.5 Å². The maximum atomic E-state index is 11.1. The molecule has 6 heteroatoms. The summed E-state index contributed by atoms with van der Waals surface area (Å²) in [6.45, 7) is 0.